The SMILES string of the molecule is CC1(C)c2[nH]nc(N)c2CN1S(=O)(=O)c1cc(F)cc(F)c1. The number of halogens is 2. The molecule has 0 amide bonds. The van der Waals surface area contributed by atoms with Gasteiger partial charge in [0, 0.05) is 18.2 Å². The van der Waals surface area contributed by atoms with Crippen LogP contribution in [0.2, 0.25) is 0 Å². The first kappa shape index (κ1) is 14.9. The van der Waals surface area contributed by atoms with Gasteiger partial charge in [0.15, 0.2) is 0 Å². The Balaban J connectivity index is 2.11. The van der Waals surface area contributed by atoms with Gasteiger partial charge in [-0.25, -0.2) is 17.2 Å². The van der Waals surface area contributed by atoms with Gasteiger partial charge < -0.3 is 5.73 Å². The van der Waals surface area contributed by atoms with Gasteiger partial charge in [-0.05, 0) is 26.0 Å². The molecule has 0 saturated carbocycles. The number of fused-ring (bicyclic) bond motifs is 1. The second-order valence-electron chi connectivity index (χ2n) is 5.64. The van der Waals surface area contributed by atoms with Gasteiger partial charge in [-0.3, -0.25) is 5.10 Å². The van der Waals surface area contributed by atoms with Crippen LogP contribution < -0.4 is 5.73 Å². The minimum Gasteiger partial charge on any atom is -0.382 e. The summed E-state index contributed by atoms with van der Waals surface area (Å²) in [4.78, 5) is -0.435. The summed E-state index contributed by atoms with van der Waals surface area (Å²) in [5.41, 5.74) is 5.91. The standard InChI is InChI=1S/C13H14F2N4O2S/c1-13(2)11-10(12(16)18-17-11)6-19(13)22(20,21)9-4-7(14)3-8(15)5-9/h3-5H,6H2,1-2H3,(H3,16,17,18). The zero-order valence-electron chi connectivity index (χ0n) is 11.9. The topological polar surface area (TPSA) is 92.1 Å². The maximum absolute atomic E-state index is 13.3. The van der Waals surface area contributed by atoms with Crippen molar-refractivity contribution < 1.29 is 17.2 Å². The van der Waals surface area contributed by atoms with Crippen LogP contribution in [-0.4, -0.2) is 22.9 Å². The molecule has 0 aliphatic carbocycles. The van der Waals surface area contributed by atoms with Gasteiger partial charge in [0.1, 0.15) is 17.5 Å². The molecule has 0 saturated heterocycles. The second kappa shape index (κ2) is 4.50. The van der Waals surface area contributed by atoms with Crippen molar-refractivity contribution in [2.24, 2.45) is 0 Å². The van der Waals surface area contributed by atoms with Crippen molar-refractivity contribution in [2.45, 2.75) is 30.8 Å². The van der Waals surface area contributed by atoms with E-state index in [1.807, 2.05) is 0 Å². The maximum atomic E-state index is 13.3. The lowest BCUT2D eigenvalue weighted by molar-refractivity contribution is 0.248. The van der Waals surface area contributed by atoms with Gasteiger partial charge >= 0.3 is 0 Å². The number of nitrogens with zero attached hydrogens (tertiary/aromatic N) is 2. The van der Waals surface area contributed by atoms with E-state index in [4.69, 9.17) is 5.73 Å². The van der Waals surface area contributed by atoms with Crippen LogP contribution >= 0.6 is 0 Å². The van der Waals surface area contributed by atoms with Crippen molar-refractivity contribution in [2.75, 3.05) is 5.73 Å². The lowest BCUT2D eigenvalue weighted by atomic mass is 10.0. The lowest BCUT2D eigenvalue weighted by Gasteiger charge is -2.30. The van der Waals surface area contributed by atoms with Crippen LogP contribution in [0.5, 0.6) is 0 Å². The Kier molecular flexibility index (Phi) is 3.05. The highest BCUT2D eigenvalue weighted by Crippen LogP contribution is 2.43. The number of nitrogen functional groups attached to an aromatic ring is 1. The third-order valence-electron chi connectivity index (χ3n) is 3.86. The molecule has 118 valence electrons. The number of rotatable bonds is 2. The Bertz CT molecular complexity index is 841. The van der Waals surface area contributed by atoms with E-state index in [1.165, 1.54) is 0 Å². The molecule has 1 aliphatic rings. The van der Waals surface area contributed by atoms with Crippen molar-refractivity contribution in [3.8, 4) is 0 Å². The third kappa shape index (κ3) is 2.00. The third-order valence-corrected chi connectivity index (χ3v) is 5.86. The molecule has 22 heavy (non-hydrogen) atoms. The molecule has 2 heterocycles. The highest BCUT2D eigenvalue weighted by Gasteiger charge is 2.47. The molecule has 1 aromatic carbocycles. The van der Waals surface area contributed by atoms with E-state index in [0.29, 0.717) is 17.3 Å². The highest BCUT2D eigenvalue weighted by molar-refractivity contribution is 7.89. The molecule has 1 aromatic heterocycles. The number of aromatic nitrogens is 2. The van der Waals surface area contributed by atoms with E-state index in [2.05, 4.69) is 10.2 Å². The van der Waals surface area contributed by atoms with Crippen LogP contribution in [0.4, 0.5) is 14.6 Å². The fourth-order valence-corrected chi connectivity index (χ4v) is 4.47. The van der Waals surface area contributed by atoms with Crippen LogP contribution in [-0.2, 0) is 22.1 Å². The molecule has 2 aromatic rings. The Labute approximate surface area is 126 Å². The van der Waals surface area contributed by atoms with Crippen molar-refractivity contribution in [3.63, 3.8) is 0 Å². The summed E-state index contributed by atoms with van der Waals surface area (Å²) >= 11 is 0. The molecule has 3 rings (SSSR count). The molecular weight excluding hydrogens is 314 g/mol. The summed E-state index contributed by atoms with van der Waals surface area (Å²) in [7, 11) is -4.10. The number of benzene rings is 1. The molecule has 0 fully saturated rings. The van der Waals surface area contributed by atoms with Gasteiger partial charge in [0.05, 0.1) is 16.1 Å². The molecule has 0 atom stereocenters. The summed E-state index contributed by atoms with van der Waals surface area (Å²) < 4.78 is 53.3. The van der Waals surface area contributed by atoms with E-state index >= 15 is 0 Å². The highest BCUT2D eigenvalue weighted by atomic mass is 32.2. The average Bonchev–Trinajstić information content (AvgIpc) is 2.88. The van der Waals surface area contributed by atoms with E-state index in [1.54, 1.807) is 13.8 Å². The number of hydrogen-bond donors (Lipinski definition) is 2. The molecule has 6 nitrogen and oxygen atoms in total. The second-order valence-corrected chi connectivity index (χ2v) is 7.50. The fraction of sp³-hybridized carbons (Fsp3) is 0.308. The molecule has 1 aliphatic heterocycles. The lowest BCUT2D eigenvalue weighted by Crippen LogP contribution is -2.40. The Hall–Kier alpha value is -2.00. The number of H-pyrrole nitrogens is 1. The van der Waals surface area contributed by atoms with Crippen LogP contribution in [0.25, 0.3) is 0 Å². The Morgan fingerprint density at radius 1 is 1.27 bits per heavy atom. The Morgan fingerprint density at radius 2 is 1.86 bits per heavy atom. The molecule has 3 N–H and O–H groups in total. The largest absolute Gasteiger partial charge is 0.382 e. The van der Waals surface area contributed by atoms with E-state index in [-0.39, 0.29) is 12.4 Å². The van der Waals surface area contributed by atoms with Crippen molar-refractivity contribution in [1.82, 2.24) is 14.5 Å². The quantitative estimate of drug-likeness (QED) is 0.878. The smallest absolute Gasteiger partial charge is 0.244 e. The van der Waals surface area contributed by atoms with Crippen LogP contribution in [0, 0.1) is 11.6 Å². The monoisotopic (exact) mass is 328 g/mol. The first-order valence-electron chi connectivity index (χ1n) is 6.46. The van der Waals surface area contributed by atoms with E-state index in [9.17, 15) is 17.2 Å². The maximum Gasteiger partial charge on any atom is 0.244 e. The summed E-state index contributed by atoms with van der Waals surface area (Å²) in [5, 5.41) is 6.59. The molecule has 9 heteroatoms. The number of hydrogen-bond acceptors (Lipinski definition) is 4. The van der Waals surface area contributed by atoms with Gasteiger partial charge in [0.25, 0.3) is 0 Å². The summed E-state index contributed by atoms with van der Waals surface area (Å²) in [6, 6.07) is 2.21. The van der Waals surface area contributed by atoms with E-state index < -0.39 is 32.1 Å². The number of nitrogens with two attached hydrogens (primary N) is 1. The molecule has 0 radical (unpaired) electrons. The van der Waals surface area contributed by atoms with Crippen molar-refractivity contribution >= 4 is 15.8 Å². The molecule has 0 spiro atoms. The first-order valence-corrected chi connectivity index (χ1v) is 7.90. The van der Waals surface area contributed by atoms with Gasteiger partial charge in [-0.2, -0.15) is 9.40 Å². The zero-order valence-corrected chi connectivity index (χ0v) is 12.7. The van der Waals surface area contributed by atoms with Gasteiger partial charge in [-0.15, -0.1) is 0 Å². The van der Waals surface area contributed by atoms with Crippen molar-refractivity contribution in [1.29, 1.82) is 0 Å². The molecule has 0 bridgehead atoms. The van der Waals surface area contributed by atoms with Crippen LogP contribution in [0.3, 0.4) is 0 Å². The summed E-state index contributed by atoms with van der Waals surface area (Å²) in [6.45, 7) is 3.33. The van der Waals surface area contributed by atoms with Gasteiger partial charge in [0.2, 0.25) is 10.0 Å². The number of anilines is 1. The zero-order chi connectivity index (χ0) is 16.3. The minimum absolute atomic E-state index is 0.00880. The molecule has 0 unspecified atom stereocenters. The average molecular weight is 328 g/mol. The van der Waals surface area contributed by atoms with E-state index in [0.717, 1.165) is 16.4 Å². The number of aromatic amines is 1. The predicted octanol–water partition coefficient (Wildman–Crippen LogP) is 1.71. The summed E-state index contributed by atoms with van der Waals surface area (Å²) in [5.74, 6) is -1.68. The summed E-state index contributed by atoms with van der Waals surface area (Å²) in [6.07, 6.45) is 0. The van der Waals surface area contributed by atoms with Crippen LogP contribution in [0.1, 0.15) is 25.1 Å². The van der Waals surface area contributed by atoms with Crippen molar-refractivity contribution in [3.05, 3.63) is 41.1 Å². The minimum atomic E-state index is -4.10. The number of sulfonamides is 1. The first-order chi connectivity index (χ1) is 10.1. The normalized spacial score (nSPS) is 17.6. The van der Waals surface area contributed by atoms with Gasteiger partial charge in [-0.1, -0.05) is 0 Å². The number of nitrogens with one attached hydrogen (secondary N) is 1. The fourth-order valence-electron chi connectivity index (χ4n) is 2.70. The Morgan fingerprint density at radius 3 is 2.41 bits per heavy atom. The molecular formula is C13H14F2N4O2S. The predicted molar refractivity (Wildman–Crippen MR) is 75.1 cm³/mol. The van der Waals surface area contributed by atoms with Crippen LogP contribution in [0.15, 0.2) is 23.1 Å².